The minimum absolute atomic E-state index is 0.224. The lowest BCUT2D eigenvalue weighted by molar-refractivity contribution is -0.122. The molecule has 7 heteroatoms. The van der Waals surface area contributed by atoms with Crippen LogP contribution in [0, 0.1) is 5.92 Å². The first-order valence-corrected chi connectivity index (χ1v) is 9.46. The molecule has 0 aromatic heterocycles. The Morgan fingerprint density at radius 1 is 0.963 bits per heavy atom. The molecule has 27 heavy (non-hydrogen) atoms. The van der Waals surface area contributed by atoms with Gasteiger partial charge in [-0.25, -0.2) is 0 Å². The van der Waals surface area contributed by atoms with Crippen LogP contribution in [0.15, 0.2) is 12.1 Å². The molecule has 0 radical (unpaired) electrons. The molecule has 0 bridgehead atoms. The fourth-order valence-corrected chi connectivity index (χ4v) is 2.64. The topological polar surface area (TPSA) is 85.9 Å². The van der Waals surface area contributed by atoms with Crippen LogP contribution in [0.5, 0.6) is 17.2 Å². The third-order valence-corrected chi connectivity index (χ3v) is 3.75. The lowest BCUT2D eigenvalue weighted by atomic mass is 10.0. The van der Waals surface area contributed by atoms with Gasteiger partial charge in [0.15, 0.2) is 11.5 Å². The number of carbonyl (C=O) groups excluding carboxylic acids is 2. The third-order valence-electron chi connectivity index (χ3n) is 3.75. The molecule has 0 heterocycles. The Balaban J connectivity index is 3.21. The van der Waals surface area contributed by atoms with Crippen molar-refractivity contribution in [1.29, 1.82) is 0 Å². The number of carbonyl (C=O) groups is 2. The molecule has 2 amide bonds. The fraction of sp³-hybridized carbons (Fsp3) is 0.600. The lowest BCUT2D eigenvalue weighted by Crippen LogP contribution is -2.46. The fourth-order valence-electron chi connectivity index (χ4n) is 2.64. The van der Waals surface area contributed by atoms with Crippen LogP contribution in [-0.4, -0.2) is 44.7 Å². The minimum atomic E-state index is -0.611. The summed E-state index contributed by atoms with van der Waals surface area (Å²) in [7, 11) is 1.55. The van der Waals surface area contributed by atoms with Gasteiger partial charge in [-0.1, -0.05) is 13.8 Å². The van der Waals surface area contributed by atoms with Gasteiger partial charge in [-0.15, -0.1) is 0 Å². The van der Waals surface area contributed by atoms with Gasteiger partial charge in [0.25, 0.3) is 5.91 Å². The Bertz CT molecular complexity index is 604. The zero-order valence-corrected chi connectivity index (χ0v) is 17.2. The zero-order chi connectivity index (χ0) is 20.4. The molecule has 0 aliphatic rings. The quantitative estimate of drug-likeness (QED) is 0.616. The summed E-state index contributed by atoms with van der Waals surface area (Å²) in [4.78, 5) is 24.9. The van der Waals surface area contributed by atoms with E-state index in [-0.39, 0.29) is 17.7 Å². The number of hydrogen-bond acceptors (Lipinski definition) is 5. The normalized spacial score (nSPS) is 11.7. The third kappa shape index (κ3) is 6.66. The van der Waals surface area contributed by atoms with Crippen molar-refractivity contribution in [2.75, 3.05) is 26.9 Å². The number of hydrogen-bond donors (Lipinski definition) is 2. The molecule has 0 saturated carbocycles. The van der Waals surface area contributed by atoms with Crippen LogP contribution in [0.25, 0.3) is 0 Å². The molecule has 0 fully saturated rings. The number of benzene rings is 1. The zero-order valence-electron chi connectivity index (χ0n) is 17.2. The van der Waals surface area contributed by atoms with Crippen LogP contribution in [0.1, 0.15) is 51.4 Å². The Morgan fingerprint density at radius 2 is 1.48 bits per heavy atom. The standard InChI is InChI=1S/C20H32N2O5/c1-7-25-16-11-14(12-17(26-8-2)18(16)27-9-3)19(23)22-15(10-13(4)5)20(24)21-6/h11-13,15H,7-10H2,1-6H3,(H,21,24)(H,22,23). The highest BCUT2D eigenvalue weighted by Gasteiger charge is 2.24. The van der Waals surface area contributed by atoms with Crippen LogP contribution in [0.4, 0.5) is 0 Å². The summed E-state index contributed by atoms with van der Waals surface area (Å²) in [6.07, 6.45) is 0.541. The number of ether oxygens (including phenoxy) is 3. The average Bonchev–Trinajstić information content (AvgIpc) is 2.62. The lowest BCUT2D eigenvalue weighted by Gasteiger charge is -2.20. The summed E-state index contributed by atoms with van der Waals surface area (Å²) in [5, 5.41) is 5.40. The molecule has 1 atom stereocenters. The predicted octanol–water partition coefficient (Wildman–Crippen LogP) is 2.77. The molecule has 1 rings (SSSR count). The van der Waals surface area contributed by atoms with Gasteiger partial charge in [0.05, 0.1) is 19.8 Å². The maximum Gasteiger partial charge on any atom is 0.252 e. The van der Waals surface area contributed by atoms with Crippen molar-refractivity contribution in [3.63, 3.8) is 0 Å². The molecule has 0 saturated heterocycles. The molecule has 0 aliphatic carbocycles. The molecule has 152 valence electrons. The average molecular weight is 380 g/mol. The van der Waals surface area contributed by atoms with Crippen molar-refractivity contribution in [2.24, 2.45) is 5.92 Å². The second kappa shape index (κ2) is 11.3. The largest absolute Gasteiger partial charge is 0.490 e. The minimum Gasteiger partial charge on any atom is -0.490 e. The van der Waals surface area contributed by atoms with Gasteiger partial charge in [-0.2, -0.15) is 0 Å². The van der Waals surface area contributed by atoms with Crippen molar-refractivity contribution in [2.45, 2.75) is 47.1 Å². The van der Waals surface area contributed by atoms with E-state index >= 15 is 0 Å². The molecular formula is C20H32N2O5. The molecule has 0 aliphatic heterocycles. The van der Waals surface area contributed by atoms with E-state index in [1.54, 1.807) is 19.2 Å². The highest BCUT2D eigenvalue weighted by Crippen LogP contribution is 2.39. The van der Waals surface area contributed by atoms with Crippen LogP contribution < -0.4 is 24.8 Å². The van der Waals surface area contributed by atoms with Crippen molar-refractivity contribution in [3.05, 3.63) is 17.7 Å². The summed E-state index contributed by atoms with van der Waals surface area (Å²) in [6, 6.07) is 2.62. The molecule has 1 unspecified atom stereocenters. The maximum absolute atomic E-state index is 12.8. The number of likely N-dealkylation sites (N-methyl/N-ethyl adjacent to an activating group) is 1. The van der Waals surface area contributed by atoms with Crippen molar-refractivity contribution < 1.29 is 23.8 Å². The molecule has 1 aromatic carbocycles. The van der Waals surface area contributed by atoms with Gasteiger partial charge in [0.1, 0.15) is 6.04 Å². The number of amides is 2. The maximum atomic E-state index is 12.8. The van der Waals surface area contributed by atoms with E-state index in [4.69, 9.17) is 14.2 Å². The van der Waals surface area contributed by atoms with E-state index < -0.39 is 6.04 Å². The number of nitrogens with one attached hydrogen (secondary N) is 2. The van der Waals surface area contributed by atoms with Crippen LogP contribution in [0.2, 0.25) is 0 Å². The first-order chi connectivity index (χ1) is 12.9. The summed E-state index contributed by atoms with van der Waals surface area (Å²) >= 11 is 0. The van der Waals surface area contributed by atoms with Crippen molar-refractivity contribution in [1.82, 2.24) is 10.6 Å². The summed E-state index contributed by atoms with van der Waals surface area (Å²) in [6.45, 7) is 10.9. The second-order valence-corrected chi connectivity index (χ2v) is 6.37. The molecule has 0 spiro atoms. The molecule has 2 N–H and O–H groups in total. The summed E-state index contributed by atoms with van der Waals surface area (Å²) in [5.74, 6) is 1.02. The smallest absolute Gasteiger partial charge is 0.252 e. The first-order valence-electron chi connectivity index (χ1n) is 9.46. The van der Waals surface area contributed by atoms with E-state index in [2.05, 4.69) is 10.6 Å². The van der Waals surface area contributed by atoms with Gasteiger partial charge >= 0.3 is 0 Å². The Morgan fingerprint density at radius 3 is 1.89 bits per heavy atom. The van der Waals surface area contributed by atoms with E-state index in [1.165, 1.54) is 0 Å². The van der Waals surface area contributed by atoms with Crippen molar-refractivity contribution >= 4 is 11.8 Å². The van der Waals surface area contributed by atoms with Gasteiger partial charge in [0.2, 0.25) is 11.7 Å². The SMILES string of the molecule is CCOc1cc(C(=O)NC(CC(C)C)C(=O)NC)cc(OCC)c1OCC. The molecule has 1 aromatic rings. The highest BCUT2D eigenvalue weighted by atomic mass is 16.5. The van der Waals surface area contributed by atoms with Crippen molar-refractivity contribution in [3.8, 4) is 17.2 Å². The van der Waals surface area contributed by atoms with Gasteiger partial charge in [0, 0.05) is 12.6 Å². The Kier molecular flexibility index (Phi) is 9.47. The van der Waals surface area contributed by atoms with Crippen LogP contribution in [0.3, 0.4) is 0 Å². The van der Waals surface area contributed by atoms with Gasteiger partial charge in [-0.3, -0.25) is 9.59 Å². The molecular weight excluding hydrogens is 348 g/mol. The Hall–Kier alpha value is -2.44. The Labute approximate surface area is 161 Å². The highest BCUT2D eigenvalue weighted by molar-refractivity contribution is 5.98. The monoisotopic (exact) mass is 380 g/mol. The van der Waals surface area contributed by atoms with Gasteiger partial charge in [-0.05, 0) is 45.2 Å². The summed E-state index contributed by atoms with van der Waals surface area (Å²) < 4.78 is 16.9. The molecule has 7 nitrogen and oxygen atoms in total. The van der Waals surface area contributed by atoms with E-state index in [1.807, 2.05) is 34.6 Å². The van der Waals surface area contributed by atoms with E-state index in [0.717, 1.165) is 0 Å². The van der Waals surface area contributed by atoms with Gasteiger partial charge < -0.3 is 24.8 Å². The van der Waals surface area contributed by atoms with Crippen LogP contribution in [-0.2, 0) is 4.79 Å². The number of rotatable bonds is 11. The predicted molar refractivity (Wildman–Crippen MR) is 105 cm³/mol. The second-order valence-electron chi connectivity index (χ2n) is 6.37. The first kappa shape index (κ1) is 22.6. The van der Waals surface area contributed by atoms with Crippen LogP contribution >= 0.6 is 0 Å². The van der Waals surface area contributed by atoms with E-state index in [0.29, 0.717) is 49.1 Å². The van der Waals surface area contributed by atoms with E-state index in [9.17, 15) is 9.59 Å². The summed E-state index contributed by atoms with van der Waals surface area (Å²) in [5.41, 5.74) is 0.350.